The van der Waals surface area contributed by atoms with Crippen LogP contribution in [0.5, 0.6) is 0 Å². The van der Waals surface area contributed by atoms with Gasteiger partial charge in [0, 0.05) is 0 Å². The number of hydrogen-bond donors (Lipinski definition) is 0. The summed E-state index contributed by atoms with van der Waals surface area (Å²) in [6, 6.07) is 21.2. The Morgan fingerprint density at radius 1 is 0.667 bits per heavy atom. The van der Waals surface area contributed by atoms with Crippen LogP contribution in [0.3, 0.4) is 0 Å². The second-order valence-electron chi connectivity index (χ2n) is 4.61. The molecule has 1 aliphatic carbocycles. The summed E-state index contributed by atoms with van der Waals surface area (Å²) in [5, 5.41) is 0. The van der Waals surface area contributed by atoms with Crippen molar-refractivity contribution in [1.82, 2.24) is 0 Å². The van der Waals surface area contributed by atoms with Gasteiger partial charge in [0.15, 0.2) is 0 Å². The Bertz CT molecular complexity index is 574. The molecule has 0 saturated heterocycles. The Labute approximate surface area is 108 Å². The molecule has 0 nitrogen and oxygen atoms in total. The molecule has 0 amide bonds. The third-order valence-corrected chi connectivity index (χ3v) is 3.43. The van der Waals surface area contributed by atoms with Crippen LogP contribution in [-0.4, -0.2) is 0 Å². The lowest BCUT2D eigenvalue weighted by Gasteiger charge is -2.21. The highest BCUT2D eigenvalue weighted by atomic mass is 14.2. The van der Waals surface area contributed by atoms with Crippen LogP contribution in [0, 0.1) is 0 Å². The molecule has 0 spiro atoms. The van der Waals surface area contributed by atoms with E-state index < -0.39 is 0 Å². The van der Waals surface area contributed by atoms with Gasteiger partial charge in [0.1, 0.15) is 0 Å². The van der Waals surface area contributed by atoms with Crippen LogP contribution in [0.4, 0.5) is 0 Å². The predicted octanol–water partition coefficient (Wildman–Crippen LogP) is 4.95. The van der Waals surface area contributed by atoms with Gasteiger partial charge in [0.2, 0.25) is 0 Å². The Morgan fingerprint density at radius 3 is 1.94 bits per heavy atom. The Hall–Kier alpha value is -2.08. The van der Waals surface area contributed by atoms with Gasteiger partial charge < -0.3 is 0 Å². The predicted molar refractivity (Wildman–Crippen MR) is 78.1 cm³/mol. The topological polar surface area (TPSA) is 0 Å². The van der Waals surface area contributed by atoms with Crippen LogP contribution >= 0.6 is 0 Å². The molecule has 3 rings (SSSR count). The molecule has 0 radical (unpaired) electrons. The summed E-state index contributed by atoms with van der Waals surface area (Å²) in [6.07, 6.45) is 6.88. The Morgan fingerprint density at radius 2 is 1.33 bits per heavy atom. The minimum absolute atomic E-state index is 1.20. The summed E-state index contributed by atoms with van der Waals surface area (Å²) < 4.78 is 0. The van der Waals surface area contributed by atoms with E-state index in [2.05, 4.69) is 72.8 Å². The van der Waals surface area contributed by atoms with Crippen molar-refractivity contribution in [3.63, 3.8) is 0 Å². The molecule has 0 bridgehead atoms. The highest BCUT2D eigenvalue weighted by Crippen LogP contribution is 2.36. The van der Waals surface area contributed by atoms with Crippen LogP contribution in [0.2, 0.25) is 0 Å². The first kappa shape index (κ1) is 11.0. The molecule has 88 valence electrons. The van der Waals surface area contributed by atoms with Crippen LogP contribution in [0.1, 0.15) is 24.0 Å². The van der Waals surface area contributed by atoms with Gasteiger partial charge in [0.05, 0.1) is 0 Å². The summed E-state index contributed by atoms with van der Waals surface area (Å²) in [5.41, 5.74) is 5.62. The fraction of sp³-hybridized carbons (Fsp3) is 0.111. The van der Waals surface area contributed by atoms with E-state index in [1.807, 2.05) is 0 Å². The van der Waals surface area contributed by atoms with Gasteiger partial charge in [-0.2, -0.15) is 0 Å². The van der Waals surface area contributed by atoms with E-state index >= 15 is 0 Å². The molecule has 2 aromatic rings. The summed E-state index contributed by atoms with van der Waals surface area (Å²) in [7, 11) is 0. The van der Waals surface area contributed by atoms with E-state index in [4.69, 9.17) is 0 Å². The smallest absolute Gasteiger partial charge is 0.0222 e. The third-order valence-electron chi connectivity index (χ3n) is 3.43. The number of allylic oxidation sites excluding steroid dienone is 3. The first-order valence-electron chi connectivity index (χ1n) is 6.44. The number of benzene rings is 2. The molecule has 0 N–H and O–H groups in total. The molecular formula is C18H16. The average molecular weight is 232 g/mol. The highest BCUT2D eigenvalue weighted by molar-refractivity contribution is 5.77. The van der Waals surface area contributed by atoms with Crippen molar-refractivity contribution in [2.75, 3.05) is 0 Å². The van der Waals surface area contributed by atoms with E-state index in [0.29, 0.717) is 0 Å². The van der Waals surface area contributed by atoms with E-state index in [-0.39, 0.29) is 0 Å². The molecule has 18 heavy (non-hydrogen) atoms. The average Bonchev–Trinajstić information content (AvgIpc) is 2.40. The van der Waals surface area contributed by atoms with Crippen molar-refractivity contribution in [2.45, 2.75) is 12.8 Å². The van der Waals surface area contributed by atoms with Crippen molar-refractivity contribution in [3.8, 4) is 0 Å². The normalized spacial score (nSPS) is 14.9. The van der Waals surface area contributed by atoms with Gasteiger partial charge in [0.25, 0.3) is 0 Å². The maximum absolute atomic E-state index is 2.27. The number of rotatable bonds is 3. The van der Waals surface area contributed by atoms with Crippen LogP contribution < -0.4 is 0 Å². The molecule has 0 atom stereocenters. The zero-order chi connectivity index (χ0) is 12.2. The lowest BCUT2D eigenvalue weighted by molar-refractivity contribution is 0.935. The Balaban J connectivity index is 1.84. The molecule has 0 heteroatoms. The Kier molecular flexibility index (Phi) is 3.10. The molecule has 2 aromatic carbocycles. The van der Waals surface area contributed by atoms with Gasteiger partial charge in [-0.05, 0) is 35.1 Å². The molecule has 0 unspecified atom stereocenters. The third kappa shape index (κ3) is 2.28. The largest absolute Gasteiger partial charge is 0.0622 e. The maximum atomic E-state index is 2.27. The van der Waals surface area contributed by atoms with Gasteiger partial charge in [-0.1, -0.05) is 72.8 Å². The van der Waals surface area contributed by atoms with Crippen molar-refractivity contribution in [3.05, 3.63) is 83.4 Å². The molecule has 0 aliphatic heterocycles. The molecule has 0 saturated carbocycles. The van der Waals surface area contributed by atoms with Crippen molar-refractivity contribution in [2.24, 2.45) is 0 Å². The molecule has 0 fully saturated rings. The lowest BCUT2D eigenvalue weighted by Crippen LogP contribution is -2.00. The monoisotopic (exact) mass is 232 g/mol. The molecule has 0 heterocycles. The van der Waals surface area contributed by atoms with Crippen LogP contribution in [-0.2, 0) is 0 Å². The van der Waals surface area contributed by atoms with Crippen molar-refractivity contribution in [1.29, 1.82) is 0 Å². The lowest BCUT2D eigenvalue weighted by atomic mass is 9.83. The quantitative estimate of drug-likeness (QED) is 0.702. The standard InChI is InChI=1S/C18H16/c1-3-7-15(8-4-1)11-12-17-13-14-18(17)16-9-5-2-6-10-16/h1-12H,13-14H2. The van der Waals surface area contributed by atoms with E-state index in [1.54, 1.807) is 0 Å². The summed E-state index contributed by atoms with van der Waals surface area (Å²) in [5.74, 6) is 0. The fourth-order valence-electron chi connectivity index (χ4n) is 2.31. The fourth-order valence-corrected chi connectivity index (χ4v) is 2.31. The second kappa shape index (κ2) is 5.05. The van der Waals surface area contributed by atoms with Crippen LogP contribution in [0.15, 0.2) is 72.3 Å². The maximum Gasteiger partial charge on any atom is -0.0222 e. The van der Waals surface area contributed by atoms with E-state index in [9.17, 15) is 0 Å². The number of hydrogen-bond acceptors (Lipinski definition) is 0. The summed E-state index contributed by atoms with van der Waals surface area (Å²) in [4.78, 5) is 0. The molecule has 1 aliphatic rings. The first-order chi connectivity index (χ1) is 8.93. The van der Waals surface area contributed by atoms with Gasteiger partial charge in [-0.25, -0.2) is 0 Å². The molecular weight excluding hydrogens is 216 g/mol. The molecule has 0 aromatic heterocycles. The van der Waals surface area contributed by atoms with Crippen LogP contribution in [0.25, 0.3) is 11.6 Å². The van der Waals surface area contributed by atoms with E-state index in [0.717, 1.165) is 0 Å². The summed E-state index contributed by atoms with van der Waals surface area (Å²) in [6.45, 7) is 0. The zero-order valence-corrected chi connectivity index (χ0v) is 10.3. The van der Waals surface area contributed by atoms with Crippen molar-refractivity contribution >= 4 is 11.6 Å². The van der Waals surface area contributed by atoms with Crippen molar-refractivity contribution < 1.29 is 0 Å². The minimum Gasteiger partial charge on any atom is -0.0622 e. The SMILES string of the molecule is C(=Cc1ccccc1)C1=C(c2ccccc2)CC1. The van der Waals surface area contributed by atoms with E-state index in [1.165, 1.54) is 35.1 Å². The minimum atomic E-state index is 1.20. The van der Waals surface area contributed by atoms with Gasteiger partial charge in [-0.15, -0.1) is 0 Å². The van der Waals surface area contributed by atoms with Gasteiger partial charge in [-0.3, -0.25) is 0 Å². The second-order valence-corrected chi connectivity index (χ2v) is 4.61. The van der Waals surface area contributed by atoms with Gasteiger partial charge >= 0.3 is 0 Å². The first-order valence-corrected chi connectivity index (χ1v) is 6.44. The zero-order valence-electron chi connectivity index (χ0n) is 10.3. The summed E-state index contributed by atoms with van der Waals surface area (Å²) >= 11 is 0. The highest BCUT2D eigenvalue weighted by Gasteiger charge is 2.15.